The number of halogens is 1. The molecule has 3 aromatic rings. The smallest absolute Gasteiger partial charge is 0.277 e. The van der Waals surface area contributed by atoms with E-state index in [0.29, 0.717) is 16.6 Å². The highest BCUT2D eigenvalue weighted by Gasteiger charge is 2.14. The molecule has 3 rings (SSSR count). The molecular formula is C15H14ClN3OS. The first-order valence-electron chi connectivity index (χ1n) is 6.52. The summed E-state index contributed by atoms with van der Waals surface area (Å²) in [4.78, 5) is 16.9. The molecule has 0 aliphatic carbocycles. The lowest BCUT2D eigenvalue weighted by atomic mass is 10.1. The number of rotatable bonds is 3. The van der Waals surface area contributed by atoms with Crippen LogP contribution in [0.1, 0.15) is 22.5 Å². The summed E-state index contributed by atoms with van der Waals surface area (Å²) in [5.74, 6) is 0. The van der Waals surface area contributed by atoms with Crippen LogP contribution in [-0.2, 0) is 6.42 Å². The Kier molecular flexibility index (Phi) is 3.69. The van der Waals surface area contributed by atoms with Gasteiger partial charge in [-0.05, 0) is 31.5 Å². The van der Waals surface area contributed by atoms with Crippen LogP contribution in [0.25, 0.3) is 5.13 Å². The summed E-state index contributed by atoms with van der Waals surface area (Å²) in [5.41, 5.74) is 3.54. The van der Waals surface area contributed by atoms with Crippen LogP contribution < -0.4 is 5.56 Å². The van der Waals surface area contributed by atoms with E-state index < -0.39 is 0 Å². The zero-order chi connectivity index (χ0) is 15.0. The van der Waals surface area contributed by atoms with Crippen molar-refractivity contribution in [1.82, 2.24) is 14.8 Å². The summed E-state index contributed by atoms with van der Waals surface area (Å²) in [5, 5.41) is 6.39. The number of aromatic amines is 1. The van der Waals surface area contributed by atoms with Crippen LogP contribution in [0.15, 0.2) is 34.4 Å². The lowest BCUT2D eigenvalue weighted by Crippen LogP contribution is -2.17. The zero-order valence-corrected chi connectivity index (χ0v) is 13.3. The first kappa shape index (κ1) is 14.1. The second-order valence-electron chi connectivity index (χ2n) is 4.93. The van der Waals surface area contributed by atoms with Gasteiger partial charge in [-0.3, -0.25) is 9.89 Å². The third kappa shape index (κ3) is 2.80. The van der Waals surface area contributed by atoms with Crippen LogP contribution in [0, 0.1) is 13.8 Å². The van der Waals surface area contributed by atoms with Gasteiger partial charge in [0.2, 0.25) is 5.13 Å². The van der Waals surface area contributed by atoms with Gasteiger partial charge < -0.3 is 0 Å². The van der Waals surface area contributed by atoms with Crippen molar-refractivity contribution in [3.8, 4) is 5.13 Å². The van der Waals surface area contributed by atoms with Crippen LogP contribution in [-0.4, -0.2) is 14.8 Å². The maximum absolute atomic E-state index is 12.5. The van der Waals surface area contributed by atoms with Crippen molar-refractivity contribution >= 4 is 22.9 Å². The van der Waals surface area contributed by atoms with Gasteiger partial charge in [-0.1, -0.05) is 23.7 Å². The van der Waals surface area contributed by atoms with E-state index in [0.717, 1.165) is 22.5 Å². The van der Waals surface area contributed by atoms with Gasteiger partial charge in [-0.25, -0.2) is 4.98 Å². The van der Waals surface area contributed by atoms with E-state index in [1.54, 1.807) is 0 Å². The highest BCUT2D eigenvalue weighted by atomic mass is 35.5. The molecule has 0 spiro atoms. The molecule has 4 nitrogen and oxygen atoms in total. The molecule has 108 valence electrons. The minimum absolute atomic E-state index is 0.0446. The quantitative estimate of drug-likeness (QED) is 0.803. The van der Waals surface area contributed by atoms with E-state index in [-0.39, 0.29) is 5.56 Å². The molecule has 6 heteroatoms. The van der Waals surface area contributed by atoms with Gasteiger partial charge in [-0.2, -0.15) is 4.68 Å². The minimum Gasteiger partial charge on any atom is -0.293 e. The fourth-order valence-electron chi connectivity index (χ4n) is 2.17. The second-order valence-corrected chi connectivity index (χ2v) is 6.20. The Morgan fingerprint density at radius 2 is 2.00 bits per heavy atom. The molecule has 1 N–H and O–H groups in total. The molecule has 0 aliphatic heterocycles. The third-order valence-corrected chi connectivity index (χ3v) is 4.48. The summed E-state index contributed by atoms with van der Waals surface area (Å²) < 4.78 is 1.51. The molecule has 0 unspecified atom stereocenters. The maximum Gasteiger partial charge on any atom is 0.277 e. The number of benzene rings is 1. The van der Waals surface area contributed by atoms with Crippen LogP contribution >= 0.6 is 22.9 Å². The largest absolute Gasteiger partial charge is 0.293 e. The normalized spacial score (nSPS) is 11.0. The van der Waals surface area contributed by atoms with E-state index in [1.165, 1.54) is 16.0 Å². The van der Waals surface area contributed by atoms with Crippen molar-refractivity contribution in [2.45, 2.75) is 20.3 Å². The number of nitrogens with one attached hydrogen (secondary N) is 1. The summed E-state index contributed by atoms with van der Waals surface area (Å²) in [7, 11) is 0. The zero-order valence-electron chi connectivity index (χ0n) is 11.7. The van der Waals surface area contributed by atoms with Crippen molar-refractivity contribution in [1.29, 1.82) is 0 Å². The molecule has 0 saturated carbocycles. The fraction of sp³-hybridized carbons (Fsp3) is 0.200. The predicted octanol–water partition coefficient (Wildman–Crippen LogP) is 3.48. The number of H-pyrrole nitrogens is 1. The summed E-state index contributed by atoms with van der Waals surface area (Å²) in [6.07, 6.45) is 0.579. The predicted molar refractivity (Wildman–Crippen MR) is 85.8 cm³/mol. The van der Waals surface area contributed by atoms with E-state index in [1.807, 2.05) is 43.5 Å². The number of hydrogen-bond acceptors (Lipinski definition) is 3. The van der Waals surface area contributed by atoms with Crippen molar-refractivity contribution < 1.29 is 0 Å². The first-order chi connectivity index (χ1) is 10.0. The summed E-state index contributed by atoms with van der Waals surface area (Å²) >= 11 is 7.34. The van der Waals surface area contributed by atoms with Crippen LogP contribution in [0.5, 0.6) is 0 Å². The molecule has 2 heterocycles. The van der Waals surface area contributed by atoms with Gasteiger partial charge in [0.25, 0.3) is 5.56 Å². The highest BCUT2D eigenvalue weighted by molar-refractivity contribution is 7.12. The lowest BCUT2D eigenvalue weighted by Gasteiger charge is -1.99. The highest BCUT2D eigenvalue weighted by Crippen LogP contribution is 2.16. The van der Waals surface area contributed by atoms with Gasteiger partial charge in [-0.15, -0.1) is 11.3 Å². The topological polar surface area (TPSA) is 50.7 Å². The van der Waals surface area contributed by atoms with Gasteiger partial charge in [0.1, 0.15) is 0 Å². The Balaban J connectivity index is 1.98. The molecule has 0 amide bonds. The SMILES string of the molecule is Cc1csc(-n2[nH]c(C)c(Cc3ccc(Cl)cc3)c2=O)n1. The lowest BCUT2D eigenvalue weighted by molar-refractivity contribution is 0.822. The average Bonchev–Trinajstić information content (AvgIpc) is 2.99. The molecule has 0 atom stereocenters. The summed E-state index contributed by atoms with van der Waals surface area (Å²) in [6.45, 7) is 3.82. The number of hydrogen-bond donors (Lipinski definition) is 1. The van der Waals surface area contributed by atoms with Crippen LogP contribution in [0.2, 0.25) is 5.02 Å². The van der Waals surface area contributed by atoms with Gasteiger partial charge in [0.05, 0.1) is 5.69 Å². The molecule has 0 radical (unpaired) electrons. The summed E-state index contributed by atoms with van der Waals surface area (Å²) in [6, 6.07) is 7.54. The Hall–Kier alpha value is -1.85. The van der Waals surface area contributed by atoms with E-state index in [4.69, 9.17) is 11.6 Å². The number of thiazole rings is 1. The second kappa shape index (κ2) is 5.50. The van der Waals surface area contributed by atoms with E-state index in [2.05, 4.69) is 10.1 Å². The van der Waals surface area contributed by atoms with Gasteiger partial charge >= 0.3 is 0 Å². The molecule has 21 heavy (non-hydrogen) atoms. The average molecular weight is 320 g/mol. The van der Waals surface area contributed by atoms with Crippen molar-refractivity contribution in [2.75, 3.05) is 0 Å². The van der Waals surface area contributed by atoms with Crippen LogP contribution in [0.4, 0.5) is 0 Å². The number of aromatic nitrogens is 3. The molecule has 2 aromatic heterocycles. The monoisotopic (exact) mass is 319 g/mol. The Bertz CT molecular complexity index is 829. The Morgan fingerprint density at radius 3 is 2.62 bits per heavy atom. The third-order valence-electron chi connectivity index (χ3n) is 3.29. The molecule has 0 aliphatic rings. The minimum atomic E-state index is -0.0446. The van der Waals surface area contributed by atoms with E-state index in [9.17, 15) is 4.79 Å². The Labute approximate surface area is 131 Å². The molecule has 0 saturated heterocycles. The maximum atomic E-state index is 12.5. The first-order valence-corrected chi connectivity index (χ1v) is 7.78. The van der Waals surface area contributed by atoms with Crippen LogP contribution in [0.3, 0.4) is 0 Å². The number of aryl methyl sites for hydroxylation is 2. The van der Waals surface area contributed by atoms with E-state index >= 15 is 0 Å². The molecule has 1 aromatic carbocycles. The van der Waals surface area contributed by atoms with Crippen molar-refractivity contribution in [3.05, 3.63) is 67.5 Å². The van der Waals surface area contributed by atoms with Crippen molar-refractivity contribution in [2.24, 2.45) is 0 Å². The van der Waals surface area contributed by atoms with Gasteiger partial charge in [0, 0.05) is 28.1 Å². The van der Waals surface area contributed by atoms with Crippen molar-refractivity contribution in [3.63, 3.8) is 0 Å². The standard InChI is InChI=1S/C15H14ClN3OS/c1-9-8-21-15(17-9)19-14(20)13(10(2)18-19)7-11-3-5-12(16)6-4-11/h3-6,8,18H,7H2,1-2H3. The molecular weight excluding hydrogens is 306 g/mol. The molecule has 0 fully saturated rings. The number of nitrogens with zero attached hydrogens (tertiary/aromatic N) is 2. The van der Waals surface area contributed by atoms with Gasteiger partial charge in [0.15, 0.2) is 0 Å². The Morgan fingerprint density at radius 1 is 1.29 bits per heavy atom. The molecule has 0 bridgehead atoms. The fourth-order valence-corrected chi connectivity index (χ4v) is 3.06.